The summed E-state index contributed by atoms with van der Waals surface area (Å²) in [6.07, 6.45) is -4.54. The van der Waals surface area contributed by atoms with Gasteiger partial charge < -0.3 is 5.11 Å². The fourth-order valence-electron chi connectivity index (χ4n) is 1.32. The Morgan fingerprint density at radius 3 is 2.29 bits per heavy atom. The Morgan fingerprint density at radius 1 is 1.24 bits per heavy atom. The zero-order valence-corrected chi connectivity index (χ0v) is 9.38. The van der Waals surface area contributed by atoms with Gasteiger partial charge in [-0.2, -0.15) is 13.2 Å². The van der Waals surface area contributed by atoms with Crippen molar-refractivity contribution in [2.24, 2.45) is 0 Å². The lowest BCUT2D eigenvalue weighted by atomic mass is 10.1. The molecule has 0 aliphatic rings. The number of halogens is 3. The summed E-state index contributed by atoms with van der Waals surface area (Å²) >= 11 is 0. The molecule has 0 spiro atoms. The Morgan fingerprint density at radius 2 is 1.82 bits per heavy atom. The van der Waals surface area contributed by atoms with Crippen LogP contribution in [0.5, 0.6) is 0 Å². The van der Waals surface area contributed by atoms with Gasteiger partial charge in [-0.1, -0.05) is 12.1 Å². The van der Waals surface area contributed by atoms with Gasteiger partial charge in [0.15, 0.2) is 6.35 Å². The van der Waals surface area contributed by atoms with E-state index in [0.29, 0.717) is 13.0 Å². The average molecular weight is 248 g/mol. The summed E-state index contributed by atoms with van der Waals surface area (Å²) in [5.41, 5.74) is 0.137. The first kappa shape index (κ1) is 14.0. The molecule has 17 heavy (non-hydrogen) atoms. The van der Waals surface area contributed by atoms with Gasteiger partial charge in [0.25, 0.3) is 0 Å². The molecule has 0 saturated carbocycles. The molecule has 1 unspecified atom stereocenters. The maximum absolute atomic E-state index is 12.3. The molecule has 0 aromatic heterocycles. The van der Waals surface area contributed by atoms with Crippen LogP contribution in [0.25, 0.3) is 0 Å². The minimum atomic E-state index is -4.29. The lowest BCUT2D eigenvalue weighted by Gasteiger charge is -2.11. The van der Waals surface area contributed by atoms with Crippen LogP contribution in [0.4, 0.5) is 13.2 Å². The number of hydrogen-bond donors (Lipinski definition) is 3. The molecule has 1 rings (SSSR count). The highest BCUT2D eigenvalue weighted by Gasteiger charge is 2.29. The molecule has 0 bridgehead atoms. The molecule has 1 aromatic carbocycles. The van der Waals surface area contributed by atoms with Crippen LogP contribution < -0.4 is 10.6 Å². The van der Waals surface area contributed by atoms with Crippen molar-refractivity contribution in [1.82, 2.24) is 10.6 Å². The van der Waals surface area contributed by atoms with Crippen LogP contribution in [0.15, 0.2) is 24.3 Å². The third-order valence-corrected chi connectivity index (χ3v) is 2.31. The summed E-state index contributed by atoms with van der Waals surface area (Å²) in [4.78, 5) is 0. The van der Waals surface area contributed by atoms with Gasteiger partial charge in [0.05, 0.1) is 5.56 Å². The first-order valence-corrected chi connectivity index (χ1v) is 5.18. The molecule has 3 N–H and O–H groups in total. The zero-order chi connectivity index (χ0) is 12.9. The van der Waals surface area contributed by atoms with Gasteiger partial charge in [0.1, 0.15) is 0 Å². The minimum Gasteiger partial charge on any atom is -0.365 e. The highest BCUT2D eigenvalue weighted by Crippen LogP contribution is 2.29. The van der Waals surface area contributed by atoms with E-state index in [1.807, 2.05) is 0 Å². The van der Waals surface area contributed by atoms with Crippen LogP contribution in [-0.4, -0.2) is 25.1 Å². The van der Waals surface area contributed by atoms with Gasteiger partial charge in [-0.3, -0.25) is 10.6 Å². The highest BCUT2D eigenvalue weighted by molar-refractivity contribution is 5.24. The van der Waals surface area contributed by atoms with Crippen LogP contribution >= 0.6 is 0 Å². The summed E-state index contributed by atoms with van der Waals surface area (Å²) in [6, 6.07) is 5.00. The maximum atomic E-state index is 12.3. The van der Waals surface area contributed by atoms with Gasteiger partial charge in [0.2, 0.25) is 0 Å². The van der Waals surface area contributed by atoms with Crippen molar-refractivity contribution in [1.29, 1.82) is 0 Å². The van der Waals surface area contributed by atoms with E-state index in [4.69, 9.17) is 5.11 Å². The molecule has 3 nitrogen and oxygen atoms in total. The molecule has 0 amide bonds. The molecule has 96 valence electrons. The van der Waals surface area contributed by atoms with Gasteiger partial charge in [-0.25, -0.2) is 0 Å². The number of alkyl halides is 3. The maximum Gasteiger partial charge on any atom is 0.416 e. The highest BCUT2D eigenvalue weighted by atomic mass is 19.4. The molecule has 0 fully saturated rings. The summed E-state index contributed by atoms with van der Waals surface area (Å²) < 4.78 is 36.8. The van der Waals surface area contributed by atoms with Crippen LogP contribution in [0.2, 0.25) is 0 Å². The first-order chi connectivity index (χ1) is 7.93. The van der Waals surface area contributed by atoms with Crippen molar-refractivity contribution in [3.05, 3.63) is 35.4 Å². The quantitative estimate of drug-likeness (QED) is 0.689. The Labute approximate surface area is 97.6 Å². The lowest BCUT2D eigenvalue weighted by Crippen LogP contribution is -2.40. The lowest BCUT2D eigenvalue weighted by molar-refractivity contribution is -0.137. The molecular formula is C11H15F3N2O. The number of aliphatic hydroxyl groups excluding tert-OH is 1. The molecule has 0 aliphatic carbocycles. The third kappa shape index (κ3) is 4.72. The predicted molar refractivity (Wildman–Crippen MR) is 58.2 cm³/mol. The number of hydrogen-bond acceptors (Lipinski definition) is 3. The van der Waals surface area contributed by atoms with E-state index in [0.717, 1.165) is 17.7 Å². The van der Waals surface area contributed by atoms with Gasteiger partial charge in [0, 0.05) is 6.54 Å². The fourth-order valence-corrected chi connectivity index (χ4v) is 1.32. The van der Waals surface area contributed by atoms with Crippen molar-refractivity contribution in [3.63, 3.8) is 0 Å². The number of aliphatic hydroxyl groups is 1. The summed E-state index contributed by atoms with van der Waals surface area (Å²) in [5.74, 6) is 0. The second kappa shape index (κ2) is 6.00. The fraction of sp³-hybridized carbons (Fsp3) is 0.455. The van der Waals surface area contributed by atoms with Crippen molar-refractivity contribution in [2.75, 3.05) is 13.6 Å². The molecular weight excluding hydrogens is 233 g/mol. The SMILES string of the molecule is CNC(O)NCCc1ccc(C(F)(F)F)cc1. The predicted octanol–water partition coefficient (Wildman–Crippen LogP) is 1.33. The van der Waals surface area contributed by atoms with Crippen molar-refractivity contribution >= 4 is 0 Å². The number of rotatable bonds is 5. The molecule has 0 radical (unpaired) electrons. The van der Waals surface area contributed by atoms with Crippen molar-refractivity contribution < 1.29 is 18.3 Å². The van der Waals surface area contributed by atoms with E-state index in [-0.39, 0.29) is 0 Å². The summed E-state index contributed by atoms with van der Waals surface area (Å²) in [5, 5.41) is 14.4. The second-order valence-corrected chi connectivity index (χ2v) is 3.59. The van der Waals surface area contributed by atoms with Crippen LogP contribution in [0.3, 0.4) is 0 Å². The zero-order valence-electron chi connectivity index (χ0n) is 9.38. The van der Waals surface area contributed by atoms with Crippen molar-refractivity contribution in [3.8, 4) is 0 Å². The monoisotopic (exact) mass is 248 g/mol. The third-order valence-electron chi connectivity index (χ3n) is 2.31. The van der Waals surface area contributed by atoms with Crippen LogP contribution in [0.1, 0.15) is 11.1 Å². The van der Waals surface area contributed by atoms with E-state index < -0.39 is 18.1 Å². The topological polar surface area (TPSA) is 44.3 Å². The van der Waals surface area contributed by atoms with E-state index in [2.05, 4.69) is 10.6 Å². The minimum absolute atomic E-state index is 0.480. The normalized spacial score (nSPS) is 13.7. The Balaban J connectivity index is 2.46. The standard InChI is InChI=1S/C11H15F3N2O/c1-15-10(17)16-7-6-8-2-4-9(5-3-8)11(12,13)14/h2-5,10,15-17H,6-7H2,1H3. The number of nitrogens with one attached hydrogen (secondary N) is 2. The van der Waals surface area contributed by atoms with Crippen LogP contribution in [-0.2, 0) is 12.6 Å². The molecule has 1 atom stereocenters. The second-order valence-electron chi connectivity index (χ2n) is 3.59. The molecule has 0 heterocycles. The van der Waals surface area contributed by atoms with E-state index in [9.17, 15) is 13.2 Å². The molecule has 0 aliphatic heterocycles. The first-order valence-electron chi connectivity index (χ1n) is 5.18. The molecule has 6 heteroatoms. The van der Waals surface area contributed by atoms with Gasteiger partial charge in [-0.05, 0) is 31.2 Å². The van der Waals surface area contributed by atoms with Crippen molar-refractivity contribution in [2.45, 2.75) is 18.9 Å². The summed E-state index contributed by atoms with van der Waals surface area (Å²) in [7, 11) is 1.59. The Kier molecular flexibility index (Phi) is 4.92. The average Bonchev–Trinajstić information content (AvgIpc) is 2.28. The molecule has 0 saturated heterocycles. The van der Waals surface area contributed by atoms with E-state index >= 15 is 0 Å². The summed E-state index contributed by atoms with van der Waals surface area (Å²) in [6.45, 7) is 0.480. The van der Waals surface area contributed by atoms with E-state index in [1.54, 1.807) is 7.05 Å². The van der Waals surface area contributed by atoms with Gasteiger partial charge in [-0.15, -0.1) is 0 Å². The number of benzene rings is 1. The largest absolute Gasteiger partial charge is 0.416 e. The Bertz CT molecular complexity index is 338. The Hall–Kier alpha value is -1.11. The molecule has 1 aromatic rings. The smallest absolute Gasteiger partial charge is 0.365 e. The van der Waals surface area contributed by atoms with Crippen LogP contribution in [0, 0.1) is 0 Å². The van der Waals surface area contributed by atoms with Gasteiger partial charge >= 0.3 is 6.18 Å². The van der Waals surface area contributed by atoms with E-state index in [1.165, 1.54) is 12.1 Å².